The van der Waals surface area contributed by atoms with Crippen LogP contribution in [0.5, 0.6) is 0 Å². The van der Waals surface area contributed by atoms with Gasteiger partial charge in [-0.2, -0.15) is 5.10 Å². The largest absolute Gasteiger partial charge is 0.331 e. The molecule has 1 N–H and O–H groups in total. The van der Waals surface area contributed by atoms with E-state index in [1.165, 1.54) is 18.4 Å². The fraction of sp³-hybridized carbons (Fsp3) is 0.364. The molecule has 1 saturated carbocycles. The number of hydrogen-bond acceptors (Lipinski definition) is 4. The number of carbonyl (C=O) groups excluding carboxylic acids is 1. The molecule has 3 heterocycles. The lowest BCUT2D eigenvalue weighted by atomic mass is 10.0. The van der Waals surface area contributed by atoms with Gasteiger partial charge in [0.25, 0.3) is 5.91 Å². The smallest absolute Gasteiger partial charge is 0.274 e. The number of rotatable bonds is 5. The lowest BCUT2D eigenvalue weighted by Gasteiger charge is -2.41. The van der Waals surface area contributed by atoms with E-state index in [1.54, 1.807) is 11.3 Å². The van der Waals surface area contributed by atoms with Crippen molar-refractivity contribution < 1.29 is 4.79 Å². The average molecular weight is 393 g/mol. The Morgan fingerprint density at radius 3 is 2.75 bits per heavy atom. The number of nitrogens with one attached hydrogen (secondary N) is 1. The number of benzene rings is 1. The van der Waals surface area contributed by atoms with E-state index < -0.39 is 0 Å². The van der Waals surface area contributed by atoms with E-state index in [0.29, 0.717) is 5.69 Å². The Morgan fingerprint density at radius 2 is 2.00 bits per heavy atom. The van der Waals surface area contributed by atoms with Crippen molar-refractivity contribution in [1.82, 2.24) is 20.0 Å². The van der Waals surface area contributed by atoms with Crippen LogP contribution in [-0.2, 0) is 6.42 Å². The van der Waals surface area contributed by atoms with E-state index in [-0.39, 0.29) is 11.9 Å². The molecule has 144 valence electrons. The van der Waals surface area contributed by atoms with Crippen LogP contribution in [0, 0.1) is 0 Å². The minimum absolute atomic E-state index is 0.0374. The Bertz CT molecular complexity index is 933. The molecule has 2 aromatic heterocycles. The van der Waals surface area contributed by atoms with Gasteiger partial charge >= 0.3 is 0 Å². The highest BCUT2D eigenvalue weighted by molar-refractivity contribution is 7.13. The number of aromatic amines is 1. The SMILES string of the molecule is O=C(c1cc(-c2cccs2)[nH]n1)N1CCN(C2CC2)CC1Cc1ccccc1. The molecule has 1 aliphatic heterocycles. The standard InChI is InChI=1S/C22H24N4OS/c27-22(20-14-19(23-24-20)21-7-4-12-28-21)26-11-10-25(17-8-9-17)15-18(26)13-16-5-2-1-3-6-16/h1-7,12,14,17-18H,8-11,13,15H2,(H,23,24). The van der Waals surface area contributed by atoms with Crippen LogP contribution in [0.2, 0.25) is 0 Å². The summed E-state index contributed by atoms with van der Waals surface area (Å²) >= 11 is 1.65. The fourth-order valence-corrected chi connectivity index (χ4v) is 4.81. The molecule has 2 fully saturated rings. The van der Waals surface area contributed by atoms with Crippen LogP contribution < -0.4 is 0 Å². The molecule has 5 rings (SSSR count). The number of aromatic nitrogens is 2. The first-order chi connectivity index (χ1) is 13.8. The van der Waals surface area contributed by atoms with Crippen molar-refractivity contribution in [1.29, 1.82) is 0 Å². The van der Waals surface area contributed by atoms with Crippen LogP contribution in [0.15, 0.2) is 53.9 Å². The summed E-state index contributed by atoms with van der Waals surface area (Å²) in [4.78, 5) is 19.0. The number of H-pyrrole nitrogens is 1. The van der Waals surface area contributed by atoms with Crippen molar-refractivity contribution in [2.24, 2.45) is 0 Å². The molecule has 1 aromatic carbocycles. The van der Waals surface area contributed by atoms with Crippen LogP contribution in [0.3, 0.4) is 0 Å². The summed E-state index contributed by atoms with van der Waals surface area (Å²) in [6.45, 7) is 2.69. The van der Waals surface area contributed by atoms with Gasteiger partial charge in [0.15, 0.2) is 5.69 Å². The third kappa shape index (κ3) is 3.62. The Balaban J connectivity index is 1.37. The Labute approximate surface area is 169 Å². The van der Waals surface area contributed by atoms with Crippen molar-refractivity contribution in [2.75, 3.05) is 19.6 Å². The van der Waals surface area contributed by atoms with Crippen molar-refractivity contribution in [3.63, 3.8) is 0 Å². The molecule has 28 heavy (non-hydrogen) atoms. The zero-order valence-corrected chi connectivity index (χ0v) is 16.6. The Morgan fingerprint density at radius 1 is 1.14 bits per heavy atom. The van der Waals surface area contributed by atoms with Crippen LogP contribution >= 0.6 is 11.3 Å². The van der Waals surface area contributed by atoms with Gasteiger partial charge < -0.3 is 4.90 Å². The summed E-state index contributed by atoms with van der Waals surface area (Å²) in [7, 11) is 0. The molecule has 1 atom stereocenters. The van der Waals surface area contributed by atoms with Gasteiger partial charge in [0.1, 0.15) is 0 Å². The minimum Gasteiger partial charge on any atom is -0.331 e. The number of hydrogen-bond donors (Lipinski definition) is 1. The molecule has 5 nitrogen and oxygen atoms in total. The van der Waals surface area contributed by atoms with Crippen molar-refractivity contribution in [2.45, 2.75) is 31.3 Å². The van der Waals surface area contributed by atoms with E-state index in [9.17, 15) is 4.79 Å². The van der Waals surface area contributed by atoms with Crippen molar-refractivity contribution >= 4 is 17.2 Å². The molecule has 1 amide bonds. The predicted octanol–water partition coefficient (Wildman–Crippen LogP) is 3.67. The van der Waals surface area contributed by atoms with Crippen molar-refractivity contribution in [3.05, 3.63) is 65.2 Å². The second-order valence-corrected chi connectivity index (χ2v) is 8.66. The van der Waals surface area contributed by atoms with Crippen LogP contribution in [0.1, 0.15) is 28.9 Å². The highest BCUT2D eigenvalue weighted by atomic mass is 32.1. The minimum atomic E-state index is 0.0374. The van der Waals surface area contributed by atoms with Gasteiger partial charge in [0.2, 0.25) is 0 Å². The number of nitrogens with zero attached hydrogens (tertiary/aromatic N) is 3. The highest BCUT2D eigenvalue weighted by Gasteiger charge is 2.37. The zero-order valence-electron chi connectivity index (χ0n) is 15.8. The molecule has 3 aromatic rings. The van der Waals surface area contributed by atoms with Crippen molar-refractivity contribution in [3.8, 4) is 10.6 Å². The maximum Gasteiger partial charge on any atom is 0.274 e. The predicted molar refractivity (Wildman–Crippen MR) is 111 cm³/mol. The summed E-state index contributed by atoms with van der Waals surface area (Å²) in [6, 6.07) is 17.4. The fourth-order valence-electron chi connectivity index (χ4n) is 4.12. The van der Waals surface area contributed by atoms with Crippen LogP contribution in [0.4, 0.5) is 0 Å². The highest BCUT2D eigenvalue weighted by Crippen LogP contribution is 2.30. The Hall–Kier alpha value is -2.44. The monoisotopic (exact) mass is 392 g/mol. The molecular formula is C22H24N4OS. The molecule has 0 spiro atoms. The topological polar surface area (TPSA) is 52.2 Å². The van der Waals surface area contributed by atoms with Gasteiger partial charge in [-0.3, -0.25) is 14.8 Å². The van der Waals surface area contributed by atoms with Gasteiger partial charge in [-0.05, 0) is 42.3 Å². The summed E-state index contributed by atoms with van der Waals surface area (Å²) in [5.74, 6) is 0.0374. The number of piperazine rings is 1. The van der Waals surface area contributed by atoms with Gasteiger partial charge in [0.05, 0.1) is 10.6 Å². The van der Waals surface area contributed by atoms with E-state index in [2.05, 4.69) is 39.4 Å². The molecule has 0 bridgehead atoms. The van der Waals surface area contributed by atoms with E-state index in [0.717, 1.165) is 42.7 Å². The molecule has 2 aliphatic rings. The molecular weight excluding hydrogens is 368 g/mol. The third-order valence-corrected chi connectivity index (χ3v) is 6.64. The first-order valence-corrected chi connectivity index (χ1v) is 10.8. The zero-order chi connectivity index (χ0) is 18.9. The second-order valence-electron chi connectivity index (χ2n) is 7.71. The molecule has 1 unspecified atom stereocenters. The summed E-state index contributed by atoms with van der Waals surface area (Å²) < 4.78 is 0. The number of amides is 1. The van der Waals surface area contributed by atoms with E-state index in [4.69, 9.17) is 0 Å². The lowest BCUT2D eigenvalue weighted by Crippen LogP contribution is -2.56. The van der Waals surface area contributed by atoms with Gasteiger partial charge in [-0.1, -0.05) is 36.4 Å². The lowest BCUT2D eigenvalue weighted by molar-refractivity contribution is 0.0432. The summed E-state index contributed by atoms with van der Waals surface area (Å²) in [6.07, 6.45) is 3.49. The third-order valence-electron chi connectivity index (χ3n) is 5.74. The number of thiophene rings is 1. The average Bonchev–Trinajstić information content (AvgIpc) is 3.22. The molecule has 6 heteroatoms. The summed E-state index contributed by atoms with van der Waals surface area (Å²) in [5.41, 5.74) is 2.71. The molecule has 1 aliphatic carbocycles. The maximum absolute atomic E-state index is 13.3. The Kier molecular flexibility index (Phi) is 4.74. The van der Waals surface area contributed by atoms with E-state index in [1.807, 2.05) is 34.5 Å². The molecule has 1 saturated heterocycles. The number of carbonyl (C=O) groups is 1. The van der Waals surface area contributed by atoms with Gasteiger partial charge in [-0.25, -0.2) is 0 Å². The quantitative estimate of drug-likeness (QED) is 0.721. The normalized spacial score (nSPS) is 20.4. The van der Waals surface area contributed by atoms with Crippen LogP contribution in [-0.4, -0.2) is 57.6 Å². The maximum atomic E-state index is 13.3. The van der Waals surface area contributed by atoms with Crippen LogP contribution in [0.25, 0.3) is 10.6 Å². The van der Waals surface area contributed by atoms with Gasteiger partial charge in [-0.15, -0.1) is 11.3 Å². The first kappa shape index (κ1) is 17.6. The summed E-state index contributed by atoms with van der Waals surface area (Å²) in [5, 5.41) is 9.40. The van der Waals surface area contributed by atoms with Gasteiger partial charge in [0, 0.05) is 31.7 Å². The van der Waals surface area contributed by atoms with E-state index >= 15 is 0 Å². The first-order valence-electron chi connectivity index (χ1n) is 9.96. The second kappa shape index (κ2) is 7.53. The molecule has 0 radical (unpaired) electrons.